The molecular weight excluding hydrogens is 298 g/mol. The Kier molecular flexibility index (Phi) is 7.45. The molecule has 122 valence electrons. The van der Waals surface area contributed by atoms with Gasteiger partial charge in [0.05, 0.1) is 5.75 Å². The van der Waals surface area contributed by atoms with Crippen molar-refractivity contribution in [3.63, 3.8) is 0 Å². The van der Waals surface area contributed by atoms with Gasteiger partial charge in [-0.05, 0) is 30.6 Å². The summed E-state index contributed by atoms with van der Waals surface area (Å²) in [5.74, 6) is 0.893. The number of amides is 1. The lowest BCUT2D eigenvalue weighted by atomic mass is 9.82. The predicted octanol–water partition coefficient (Wildman–Crippen LogP) is 2.92. The third-order valence-electron chi connectivity index (χ3n) is 3.59. The Bertz CT molecular complexity index is 490. The normalized spacial score (nSPS) is 13.6. The topological polar surface area (TPSA) is 66.4 Å². The molecule has 1 aromatic carbocycles. The lowest BCUT2D eigenvalue weighted by molar-refractivity contribution is -0.143. The minimum atomic E-state index is -1.11. The first kappa shape index (κ1) is 18.6. The van der Waals surface area contributed by atoms with Crippen LogP contribution in [-0.4, -0.2) is 35.0 Å². The van der Waals surface area contributed by atoms with Gasteiger partial charge in [0.25, 0.3) is 0 Å². The maximum absolute atomic E-state index is 11.9. The van der Waals surface area contributed by atoms with Crippen LogP contribution < -0.4 is 5.32 Å². The zero-order chi connectivity index (χ0) is 16.6. The number of benzene rings is 1. The average Bonchev–Trinajstić information content (AvgIpc) is 2.49. The maximum Gasteiger partial charge on any atom is 0.315 e. The number of carboxylic acid groups (broad SMARTS) is 1. The smallest absolute Gasteiger partial charge is 0.315 e. The second-order valence-corrected chi connectivity index (χ2v) is 7.12. The number of carboxylic acids is 1. The van der Waals surface area contributed by atoms with Crippen LogP contribution in [0.2, 0.25) is 0 Å². The molecule has 0 aliphatic heterocycles. The highest BCUT2D eigenvalue weighted by Gasteiger charge is 2.35. The molecule has 1 rings (SSSR count). The van der Waals surface area contributed by atoms with E-state index in [4.69, 9.17) is 0 Å². The van der Waals surface area contributed by atoms with Gasteiger partial charge in [0, 0.05) is 6.54 Å². The second-order valence-electron chi connectivity index (χ2n) is 6.02. The van der Waals surface area contributed by atoms with Crippen molar-refractivity contribution >= 4 is 23.6 Å². The van der Waals surface area contributed by atoms with Crippen molar-refractivity contribution in [3.8, 4) is 0 Å². The fraction of sp³-hybridized carbons (Fsp3) is 0.529. The first-order chi connectivity index (χ1) is 10.4. The van der Waals surface area contributed by atoms with Gasteiger partial charge < -0.3 is 10.4 Å². The summed E-state index contributed by atoms with van der Waals surface area (Å²) in [6.45, 7) is 6.03. The van der Waals surface area contributed by atoms with Crippen LogP contribution in [0.15, 0.2) is 30.3 Å². The van der Waals surface area contributed by atoms with E-state index >= 15 is 0 Å². The number of carbonyl (C=O) groups is 2. The average molecular weight is 323 g/mol. The van der Waals surface area contributed by atoms with E-state index in [1.165, 1.54) is 0 Å². The Morgan fingerprint density at radius 3 is 2.45 bits per heavy atom. The van der Waals surface area contributed by atoms with Crippen LogP contribution in [0.4, 0.5) is 0 Å². The van der Waals surface area contributed by atoms with Crippen molar-refractivity contribution in [3.05, 3.63) is 35.9 Å². The largest absolute Gasteiger partial charge is 0.481 e. The molecule has 0 aromatic heterocycles. The zero-order valence-electron chi connectivity index (χ0n) is 13.5. The van der Waals surface area contributed by atoms with Crippen LogP contribution in [0.25, 0.3) is 0 Å². The van der Waals surface area contributed by atoms with Gasteiger partial charge in [-0.1, -0.05) is 44.2 Å². The Morgan fingerprint density at radius 2 is 1.91 bits per heavy atom. The van der Waals surface area contributed by atoms with E-state index in [0.29, 0.717) is 17.2 Å². The van der Waals surface area contributed by atoms with E-state index < -0.39 is 11.4 Å². The highest BCUT2D eigenvalue weighted by atomic mass is 32.2. The maximum atomic E-state index is 11.9. The first-order valence-electron chi connectivity index (χ1n) is 7.49. The Balaban J connectivity index is 2.52. The molecule has 0 aliphatic carbocycles. The molecule has 4 nitrogen and oxygen atoms in total. The number of nitrogens with one attached hydrogen (secondary N) is 1. The summed E-state index contributed by atoms with van der Waals surface area (Å²) in [6.07, 6.45) is 1.08. The van der Waals surface area contributed by atoms with Crippen LogP contribution in [-0.2, 0) is 15.0 Å². The van der Waals surface area contributed by atoms with Gasteiger partial charge in [0.1, 0.15) is 5.41 Å². The number of hydrogen-bond acceptors (Lipinski definition) is 3. The molecular formula is C17H25NO3S. The number of rotatable bonds is 9. The van der Waals surface area contributed by atoms with Gasteiger partial charge in [-0.3, -0.25) is 9.59 Å². The monoisotopic (exact) mass is 323 g/mol. The number of aliphatic carboxylic acids is 1. The van der Waals surface area contributed by atoms with Crippen LogP contribution in [0, 0.1) is 5.92 Å². The lowest BCUT2D eigenvalue weighted by Gasteiger charge is -2.25. The minimum absolute atomic E-state index is 0.0932. The van der Waals surface area contributed by atoms with Gasteiger partial charge in [-0.15, -0.1) is 0 Å². The van der Waals surface area contributed by atoms with E-state index in [0.717, 1.165) is 12.2 Å². The Hall–Kier alpha value is -1.49. The van der Waals surface area contributed by atoms with E-state index in [1.54, 1.807) is 43.0 Å². The van der Waals surface area contributed by atoms with Gasteiger partial charge >= 0.3 is 5.97 Å². The molecule has 0 radical (unpaired) electrons. The molecule has 5 heteroatoms. The molecule has 0 fully saturated rings. The van der Waals surface area contributed by atoms with E-state index in [9.17, 15) is 14.7 Å². The van der Waals surface area contributed by atoms with Crippen molar-refractivity contribution in [1.82, 2.24) is 5.32 Å². The lowest BCUT2D eigenvalue weighted by Crippen LogP contribution is -2.44. The van der Waals surface area contributed by atoms with Crippen LogP contribution in [0.5, 0.6) is 0 Å². The first-order valence-corrected chi connectivity index (χ1v) is 8.65. The quantitative estimate of drug-likeness (QED) is 0.686. The number of thioether (sulfide) groups is 1. The molecule has 0 saturated heterocycles. The van der Waals surface area contributed by atoms with Gasteiger partial charge in [-0.25, -0.2) is 0 Å². The van der Waals surface area contributed by atoms with E-state index in [1.807, 2.05) is 6.07 Å². The van der Waals surface area contributed by atoms with Crippen molar-refractivity contribution < 1.29 is 14.7 Å². The predicted molar refractivity (Wildman–Crippen MR) is 91.2 cm³/mol. The summed E-state index contributed by atoms with van der Waals surface area (Å²) >= 11 is 1.59. The van der Waals surface area contributed by atoms with Crippen LogP contribution >= 0.6 is 11.8 Å². The SMILES string of the molecule is CC(C)CCSCC(=O)NCC(C)(C(=O)O)c1ccccc1. The molecule has 1 atom stereocenters. The molecule has 1 unspecified atom stereocenters. The van der Waals surface area contributed by atoms with Gasteiger partial charge in [0.15, 0.2) is 0 Å². The fourth-order valence-corrected chi connectivity index (χ4v) is 2.99. The fourth-order valence-electron chi connectivity index (χ4n) is 1.92. The van der Waals surface area contributed by atoms with Crippen molar-refractivity contribution in [2.24, 2.45) is 5.92 Å². The van der Waals surface area contributed by atoms with E-state index in [2.05, 4.69) is 19.2 Å². The van der Waals surface area contributed by atoms with Gasteiger partial charge in [0.2, 0.25) is 5.91 Å². The second kappa shape index (κ2) is 8.83. The Morgan fingerprint density at radius 1 is 1.27 bits per heavy atom. The standard InChI is InChI=1S/C17H25NO3S/c1-13(2)9-10-22-11-15(19)18-12-17(3,16(20)21)14-7-5-4-6-8-14/h4-8,13H,9-12H2,1-3H3,(H,18,19)(H,20,21). The molecule has 2 N–H and O–H groups in total. The molecule has 1 amide bonds. The summed E-state index contributed by atoms with van der Waals surface area (Å²) in [6, 6.07) is 9.01. The minimum Gasteiger partial charge on any atom is -0.481 e. The summed E-state index contributed by atoms with van der Waals surface area (Å²) in [7, 11) is 0. The van der Waals surface area contributed by atoms with Gasteiger partial charge in [-0.2, -0.15) is 11.8 Å². The highest BCUT2D eigenvalue weighted by molar-refractivity contribution is 7.99. The van der Waals surface area contributed by atoms with Crippen LogP contribution in [0.3, 0.4) is 0 Å². The molecule has 0 aliphatic rings. The summed E-state index contributed by atoms with van der Waals surface area (Å²) < 4.78 is 0. The third-order valence-corrected chi connectivity index (χ3v) is 4.59. The van der Waals surface area contributed by atoms with Crippen molar-refractivity contribution in [2.75, 3.05) is 18.1 Å². The molecule has 1 aromatic rings. The number of carbonyl (C=O) groups excluding carboxylic acids is 1. The Labute approximate surface area is 136 Å². The molecule has 22 heavy (non-hydrogen) atoms. The molecule has 0 heterocycles. The summed E-state index contributed by atoms with van der Waals surface area (Å²) in [5.41, 5.74) is -0.422. The summed E-state index contributed by atoms with van der Waals surface area (Å²) in [5, 5.41) is 12.3. The van der Waals surface area contributed by atoms with Crippen molar-refractivity contribution in [1.29, 1.82) is 0 Å². The third kappa shape index (κ3) is 5.72. The molecule has 0 bridgehead atoms. The molecule has 0 saturated carbocycles. The number of hydrogen-bond donors (Lipinski definition) is 2. The van der Waals surface area contributed by atoms with Crippen molar-refractivity contribution in [2.45, 2.75) is 32.6 Å². The molecule has 0 spiro atoms. The summed E-state index contributed by atoms with van der Waals surface area (Å²) in [4.78, 5) is 23.5. The van der Waals surface area contributed by atoms with E-state index in [-0.39, 0.29) is 12.5 Å². The van der Waals surface area contributed by atoms with Crippen LogP contribution in [0.1, 0.15) is 32.8 Å². The zero-order valence-corrected chi connectivity index (χ0v) is 14.3. The highest BCUT2D eigenvalue weighted by Crippen LogP contribution is 2.23.